The van der Waals surface area contributed by atoms with Crippen LogP contribution in [0.3, 0.4) is 0 Å². The zero-order chi connectivity index (χ0) is 26.4. The van der Waals surface area contributed by atoms with Gasteiger partial charge in [0.05, 0.1) is 10.3 Å². The summed E-state index contributed by atoms with van der Waals surface area (Å²) in [5.41, 5.74) is -1.15. The first-order valence-electron chi connectivity index (χ1n) is 10.2. The van der Waals surface area contributed by atoms with Gasteiger partial charge in [-0.2, -0.15) is 0 Å². The predicted molar refractivity (Wildman–Crippen MR) is 114 cm³/mol. The zero-order valence-corrected chi connectivity index (χ0v) is 19.8. The molecule has 2 aromatic carbocycles. The topological polar surface area (TPSA) is 131 Å². The molecule has 2 rings (SSSR count). The molecule has 0 radical (unpaired) electrons. The fourth-order valence-electron chi connectivity index (χ4n) is 2.47. The summed E-state index contributed by atoms with van der Waals surface area (Å²) in [6, 6.07) is 6.40. The van der Waals surface area contributed by atoms with E-state index in [1.165, 1.54) is 6.07 Å². The van der Waals surface area contributed by atoms with Crippen molar-refractivity contribution in [1.29, 1.82) is 0 Å². The van der Waals surface area contributed by atoms with Gasteiger partial charge in [-0.1, -0.05) is 12.7 Å². The number of halogens is 3. The van der Waals surface area contributed by atoms with E-state index in [0.29, 0.717) is 6.42 Å². The van der Waals surface area contributed by atoms with E-state index in [1.54, 1.807) is 18.6 Å². The number of carbonyl (C=O) groups is 2. The summed E-state index contributed by atoms with van der Waals surface area (Å²) >= 11 is 0. The van der Waals surface area contributed by atoms with E-state index >= 15 is 0 Å². The van der Waals surface area contributed by atoms with E-state index in [4.69, 9.17) is 9.47 Å². The van der Waals surface area contributed by atoms with Crippen molar-refractivity contribution in [3.63, 3.8) is 0 Å². The minimum Gasteiger partial charge on any atom is -0.872 e. The van der Waals surface area contributed by atoms with Crippen molar-refractivity contribution in [2.75, 3.05) is 13.2 Å². The normalized spacial score (nSPS) is 12.1. The minimum absolute atomic E-state index is 0.0566. The molecular formula is C22H23F3NO8S-. The molecule has 0 aliphatic heterocycles. The molecule has 192 valence electrons. The van der Waals surface area contributed by atoms with Gasteiger partial charge >= 0.3 is 12.3 Å². The Morgan fingerprint density at radius 2 is 1.60 bits per heavy atom. The fraction of sp³-hybridized carbons (Fsp3) is 0.364. The van der Waals surface area contributed by atoms with Gasteiger partial charge in [0, 0.05) is 5.56 Å². The average molecular weight is 518 g/mol. The molecule has 0 spiro atoms. The molecule has 1 amide bonds. The summed E-state index contributed by atoms with van der Waals surface area (Å²) in [6.07, 6.45) is -4.37. The van der Waals surface area contributed by atoms with Crippen molar-refractivity contribution in [2.24, 2.45) is 5.41 Å². The van der Waals surface area contributed by atoms with Crippen LogP contribution >= 0.6 is 0 Å². The van der Waals surface area contributed by atoms with Crippen LogP contribution in [0, 0.1) is 5.41 Å². The van der Waals surface area contributed by atoms with E-state index in [2.05, 4.69) is 4.74 Å². The van der Waals surface area contributed by atoms with Gasteiger partial charge in [-0.15, -0.1) is 13.2 Å². The van der Waals surface area contributed by atoms with Gasteiger partial charge in [-0.05, 0) is 62.7 Å². The maximum absolute atomic E-state index is 12.3. The molecule has 9 nitrogen and oxygen atoms in total. The molecule has 0 unspecified atom stereocenters. The fourth-order valence-corrected chi connectivity index (χ4v) is 3.44. The highest BCUT2D eigenvalue weighted by molar-refractivity contribution is 7.90. The Hall–Kier alpha value is -3.48. The first kappa shape index (κ1) is 27.8. The number of nitrogens with one attached hydrogen (secondary N) is 1. The highest BCUT2D eigenvalue weighted by Gasteiger charge is 2.31. The predicted octanol–water partition coefficient (Wildman–Crippen LogP) is 3.14. The third-order valence-electron chi connectivity index (χ3n) is 4.81. The number of esters is 1. The van der Waals surface area contributed by atoms with Crippen LogP contribution < -0.4 is 19.3 Å². The summed E-state index contributed by atoms with van der Waals surface area (Å²) in [5, 5.41) is 12.2. The lowest BCUT2D eigenvalue weighted by Crippen LogP contribution is -2.31. The summed E-state index contributed by atoms with van der Waals surface area (Å²) in [6.45, 7) is 5.20. The molecule has 0 aliphatic carbocycles. The molecule has 0 aliphatic rings. The lowest BCUT2D eigenvalue weighted by Gasteiger charge is -2.20. The van der Waals surface area contributed by atoms with Gasteiger partial charge in [0.15, 0.2) is 0 Å². The van der Waals surface area contributed by atoms with E-state index in [9.17, 15) is 36.3 Å². The van der Waals surface area contributed by atoms with Crippen molar-refractivity contribution in [2.45, 2.75) is 38.4 Å². The number of benzene rings is 2. The van der Waals surface area contributed by atoms with Crippen LogP contribution in [0.1, 0.15) is 37.6 Å². The quantitative estimate of drug-likeness (QED) is 0.375. The molecule has 0 bridgehead atoms. The van der Waals surface area contributed by atoms with Crippen LogP contribution in [0.25, 0.3) is 0 Å². The lowest BCUT2D eigenvalue weighted by molar-refractivity contribution is -0.274. The first-order valence-corrected chi connectivity index (χ1v) is 11.7. The SMILES string of the molecule is CCC(C)(C)C(=O)OCCOc1ccc(C(=O)NS(=O)(=O)c2ccc(OC(F)(F)F)cc2)c([O-])c1. The molecule has 35 heavy (non-hydrogen) atoms. The van der Waals surface area contributed by atoms with Gasteiger partial charge in [-0.25, -0.2) is 13.1 Å². The van der Waals surface area contributed by atoms with Crippen molar-refractivity contribution >= 4 is 21.9 Å². The smallest absolute Gasteiger partial charge is 0.573 e. The Labute approximate surface area is 199 Å². The zero-order valence-electron chi connectivity index (χ0n) is 19.0. The van der Waals surface area contributed by atoms with E-state index in [0.717, 1.165) is 36.4 Å². The summed E-state index contributed by atoms with van der Waals surface area (Å²) in [4.78, 5) is 23.7. The van der Waals surface area contributed by atoms with Crippen LogP contribution in [0.5, 0.6) is 17.2 Å². The van der Waals surface area contributed by atoms with E-state index < -0.39 is 55.6 Å². The maximum atomic E-state index is 12.3. The summed E-state index contributed by atoms with van der Waals surface area (Å²) < 4.78 is 77.1. The van der Waals surface area contributed by atoms with Gasteiger partial charge < -0.3 is 19.3 Å². The third kappa shape index (κ3) is 8.05. The molecule has 0 heterocycles. The second-order valence-corrected chi connectivity index (χ2v) is 9.52. The number of hydrogen-bond donors (Lipinski definition) is 1. The monoisotopic (exact) mass is 518 g/mol. The molecule has 2 aromatic rings. The molecular weight excluding hydrogens is 495 g/mol. The largest absolute Gasteiger partial charge is 0.872 e. The molecule has 0 aromatic heterocycles. The summed E-state index contributed by atoms with van der Waals surface area (Å²) in [7, 11) is -4.49. The van der Waals surface area contributed by atoms with Crippen molar-refractivity contribution < 1.29 is 50.5 Å². The Morgan fingerprint density at radius 3 is 2.14 bits per heavy atom. The molecule has 0 atom stereocenters. The Morgan fingerprint density at radius 1 is 1.00 bits per heavy atom. The number of hydrogen-bond acceptors (Lipinski definition) is 8. The van der Waals surface area contributed by atoms with Crippen LogP contribution in [-0.2, 0) is 19.6 Å². The number of ether oxygens (including phenoxy) is 3. The number of carbonyl (C=O) groups excluding carboxylic acids is 2. The molecule has 0 fully saturated rings. The number of alkyl halides is 3. The van der Waals surface area contributed by atoms with Gasteiger partial charge in [0.25, 0.3) is 15.9 Å². The molecule has 13 heteroatoms. The van der Waals surface area contributed by atoms with Gasteiger partial charge in [0.1, 0.15) is 24.7 Å². The average Bonchev–Trinajstić information content (AvgIpc) is 2.75. The van der Waals surface area contributed by atoms with E-state index in [1.807, 2.05) is 6.92 Å². The van der Waals surface area contributed by atoms with Crippen molar-refractivity contribution in [1.82, 2.24) is 4.72 Å². The summed E-state index contributed by atoms with van der Waals surface area (Å²) in [5.74, 6) is -3.06. The Balaban J connectivity index is 1.98. The second-order valence-electron chi connectivity index (χ2n) is 7.83. The van der Waals surface area contributed by atoms with Crippen LogP contribution in [0.2, 0.25) is 0 Å². The molecule has 0 saturated heterocycles. The Bertz CT molecular complexity index is 1160. The third-order valence-corrected chi connectivity index (χ3v) is 6.16. The minimum atomic E-state index is -4.95. The second kappa shape index (κ2) is 10.8. The van der Waals surface area contributed by atoms with Crippen LogP contribution in [0.15, 0.2) is 47.4 Å². The van der Waals surface area contributed by atoms with Crippen molar-refractivity contribution in [3.8, 4) is 17.2 Å². The number of amides is 1. The van der Waals surface area contributed by atoms with Gasteiger partial charge in [-0.3, -0.25) is 9.59 Å². The van der Waals surface area contributed by atoms with Crippen molar-refractivity contribution in [3.05, 3.63) is 48.0 Å². The standard InChI is InChI=1S/C22H24F3NO8S/c1-4-21(2,3)20(29)33-12-11-32-15-7-10-17(18(27)13-15)19(28)26-35(30,31)16-8-5-14(6-9-16)34-22(23,24)25/h5-10,13,27H,4,11-12H2,1-3H3,(H,26,28)/p-1. The lowest BCUT2D eigenvalue weighted by atomic mass is 9.91. The van der Waals surface area contributed by atoms with Crippen LogP contribution in [0.4, 0.5) is 13.2 Å². The Kier molecular flexibility index (Phi) is 8.60. The van der Waals surface area contributed by atoms with Gasteiger partial charge in [0.2, 0.25) is 0 Å². The highest BCUT2D eigenvalue weighted by Crippen LogP contribution is 2.25. The van der Waals surface area contributed by atoms with Crippen LogP contribution in [-0.4, -0.2) is 39.9 Å². The number of sulfonamides is 1. The molecule has 1 N–H and O–H groups in total. The maximum Gasteiger partial charge on any atom is 0.573 e. The highest BCUT2D eigenvalue weighted by atomic mass is 32.2. The molecule has 0 saturated carbocycles. The number of rotatable bonds is 10. The van der Waals surface area contributed by atoms with E-state index in [-0.39, 0.29) is 19.0 Å². The first-order chi connectivity index (χ1) is 16.1.